The van der Waals surface area contributed by atoms with Crippen LogP contribution in [0.25, 0.3) is 0 Å². The fourth-order valence-corrected chi connectivity index (χ4v) is 1.13. The van der Waals surface area contributed by atoms with Gasteiger partial charge in [0.2, 0.25) is 0 Å². The van der Waals surface area contributed by atoms with Crippen LogP contribution in [-0.4, -0.2) is 5.38 Å². The minimum absolute atomic E-state index is 0.370. The average molecular weight is 163 g/mol. The number of rotatable bonds is 4. The molecule has 0 bridgehead atoms. The third-order valence-electron chi connectivity index (χ3n) is 2.05. The van der Waals surface area contributed by atoms with E-state index in [1.807, 2.05) is 0 Å². The summed E-state index contributed by atoms with van der Waals surface area (Å²) in [6.07, 6.45) is 2.41. The van der Waals surface area contributed by atoms with Gasteiger partial charge in [0.1, 0.15) is 0 Å². The molecule has 2 unspecified atom stereocenters. The van der Waals surface area contributed by atoms with Crippen LogP contribution in [0.15, 0.2) is 0 Å². The predicted molar refractivity (Wildman–Crippen MR) is 48.6 cm³/mol. The van der Waals surface area contributed by atoms with E-state index in [1.165, 1.54) is 6.42 Å². The van der Waals surface area contributed by atoms with Crippen molar-refractivity contribution < 1.29 is 0 Å². The first kappa shape index (κ1) is 10.3. The van der Waals surface area contributed by atoms with Gasteiger partial charge in [0.15, 0.2) is 0 Å². The maximum atomic E-state index is 6.09. The maximum Gasteiger partial charge on any atom is 0.0361 e. The topological polar surface area (TPSA) is 0 Å². The van der Waals surface area contributed by atoms with Gasteiger partial charge in [-0.1, -0.05) is 34.1 Å². The molecule has 2 atom stereocenters. The zero-order chi connectivity index (χ0) is 8.15. The molecule has 0 N–H and O–H groups in total. The summed E-state index contributed by atoms with van der Waals surface area (Å²) in [5, 5.41) is 0.370. The summed E-state index contributed by atoms with van der Waals surface area (Å²) in [6.45, 7) is 8.84. The highest BCUT2D eigenvalue weighted by atomic mass is 35.5. The van der Waals surface area contributed by atoms with E-state index < -0.39 is 0 Å². The van der Waals surface area contributed by atoms with Gasteiger partial charge in [-0.3, -0.25) is 0 Å². The van der Waals surface area contributed by atoms with Crippen LogP contribution in [0.5, 0.6) is 0 Å². The van der Waals surface area contributed by atoms with Crippen molar-refractivity contribution in [3.63, 3.8) is 0 Å². The molecule has 10 heavy (non-hydrogen) atoms. The highest BCUT2D eigenvalue weighted by Crippen LogP contribution is 2.20. The highest BCUT2D eigenvalue weighted by molar-refractivity contribution is 6.20. The normalized spacial score (nSPS) is 17.4. The minimum Gasteiger partial charge on any atom is -0.123 e. The lowest BCUT2D eigenvalue weighted by atomic mass is 9.97. The third-order valence-corrected chi connectivity index (χ3v) is 2.73. The number of halogens is 1. The van der Waals surface area contributed by atoms with Gasteiger partial charge in [-0.2, -0.15) is 0 Å². The van der Waals surface area contributed by atoms with Crippen LogP contribution in [0.1, 0.15) is 40.5 Å². The number of hydrogen-bond acceptors (Lipinski definition) is 0. The van der Waals surface area contributed by atoms with Gasteiger partial charge in [0.25, 0.3) is 0 Å². The Balaban J connectivity index is 3.46. The summed E-state index contributed by atoms with van der Waals surface area (Å²) in [5.74, 6) is 1.40. The van der Waals surface area contributed by atoms with Crippen molar-refractivity contribution in [3.8, 4) is 0 Å². The molecular formula is C9H19Cl. The zero-order valence-corrected chi connectivity index (χ0v) is 8.28. The van der Waals surface area contributed by atoms with E-state index in [4.69, 9.17) is 11.6 Å². The Morgan fingerprint density at radius 2 is 1.70 bits per heavy atom. The van der Waals surface area contributed by atoms with Gasteiger partial charge >= 0.3 is 0 Å². The van der Waals surface area contributed by atoms with Gasteiger partial charge < -0.3 is 0 Å². The van der Waals surface area contributed by atoms with Crippen LogP contribution in [0.4, 0.5) is 0 Å². The SMILES string of the molecule is CCC(C)CC(Cl)C(C)C. The molecule has 62 valence electrons. The Morgan fingerprint density at radius 3 is 2.00 bits per heavy atom. The second-order valence-electron chi connectivity index (χ2n) is 3.51. The second kappa shape index (κ2) is 5.01. The molecule has 0 heterocycles. The minimum atomic E-state index is 0.370. The smallest absolute Gasteiger partial charge is 0.0361 e. The Labute approximate surface area is 70.0 Å². The fourth-order valence-electron chi connectivity index (χ4n) is 0.823. The van der Waals surface area contributed by atoms with Gasteiger partial charge in [-0.15, -0.1) is 11.6 Å². The Morgan fingerprint density at radius 1 is 1.20 bits per heavy atom. The molecule has 0 aliphatic carbocycles. The molecule has 0 aromatic rings. The van der Waals surface area contributed by atoms with Gasteiger partial charge in [0, 0.05) is 5.38 Å². The summed E-state index contributed by atoms with van der Waals surface area (Å²) in [7, 11) is 0. The average Bonchev–Trinajstić information content (AvgIpc) is 1.87. The maximum absolute atomic E-state index is 6.09. The molecule has 0 nitrogen and oxygen atoms in total. The first-order valence-corrected chi connectivity index (χ1v) is 4.65. The van der Waals surface area contributed by atoms with Gasteiger partial charge in [-0.25, -0.2) is 0 Å². The third kappa shape index (κ3) is 4.16. The van der Waals surface area contributed by atoms with E-state index in [-0.39, 0.29) is 0 Å². The summed E-state index contributed by atoms with van der Waals surface area (Å²) in [4.78, 5) is 0. The van der Waals surface area contributed by atoms with Crippen LogP contribution in [-0.2, 0) is 0 Å². The molecule has 0 spiro atoms. The van der Waals surface area contributed by atoms with Crippen molar-refractivity contribution in [2.75, 3.05) is 0 Å². The van der Waals surface area contributed by atoms with Crippen molar-refractivity contribution in [2.24, 2.45) is 11.8 Å². The van der Waals surface area contributed by atoms with E-state index in [9.17, 15) is 0 Å². The molecule has 0 aromatic heterocycles. The predicted octanol–water partition coefficient (Wildman–Crippen LogP) is 3.69. The van der Waals surface area contributed by atoms with Crippen molar-refractivity contribution in [2.45, 2.75) is 45.9 Å². The van der Waals surface area contributed by atoms with E-state index in [1.54, 1.807) is 0 Å². The first-order valence-electron chi connectivity index (χ1n) is 4.22. The first-order chi connectivity index (χ1) is 4.57. The number of hydrogen-bond donors (Lipinski definition) is 0. The van der Waals surface area contributed by atoms with Crippen molar-refractivity contribution in [1.29, 1.82) is 0 Å². The summed E-state index contributed by atoms with van der Waals surface area (Å²) in [6, 6.07) is 0. The molecular weight excluding hydrogens is 144 g/mol. The Kier molecular flexibility index (Phi) is 5.15. The quantitative estimate of drug-likeness (QED) is 0.554. The molecule has 0 saturated heterocycles. The van der Waals surface area contributed by atoms with Crippen LogP contribution in [0.2, 0.25) is 0 Å². The van der Waals surface area contributed by atoms with E-state index in [0.717, 1.165) is 12.3 Å². The monoisotopic (exact) mass is 162 g/mol. The molecule has 0 amide bonds. The molecule has 0 rings (SSSR count). The fraction of sp³-hybridized carbons (Fsp3) is 1.00. The van der Waals surface area contributed by atoms with Crippen molar-refractivity contribution in [3.05, 3.63) is 0 Å². The summed E-state index contributed by atoms with van der Waals surface area (Å²) < 4.78 is 0. The van der Waals surface area contributed by atoms with Crippen LogP contribution in [0, 0.1) is 11.8 Å². The van der Waals surface area contributed by atoms with Gasteiger partial charge in [0.05, 0.1) is 0 Å². The highest BCUT2D eigenvalue weighted by Gasteiger charge is 2.12. The molecule has 0 aliphatic heterocycles. The zero-order valence-electron chi connectivity index (χ0n) is 7.52. The second-order valence-corrected chi connectivity index (χ2v) is 4.07. The molecule has 0 radical (unpaired) electrons. The lowest BCUT2D eigenvalue weighted by Crippen LogP contribution is -2.11. The standard InChI is InChI=1S/C9H19Cl/c1-5-8(4)6-9(10)7(2)3/h7-9H,5-6H2,1-4H3. The van der Waals surface area contributed by atoms with Crippen molar-refractivity contribution >= 4 is 11.6 Å². The van der Waals surface area contributed by atoms with Crippen molar-refractivity contribution in [1.82, 2.24) is 0 Å². The molecule has 0 fully saturated rings. The van der Waals surface area contributed by atoms with E-state index in [2.05, 4.69) is 27.7 Å². The summed E-state index contributed by atoms with van der Waals surface area (Å²) >= 11 is 6.09. The van der Waals surface area contributed by atoms with Crippen LogP contribution >= 0.6 is 11.6 Å². The lowest BCUT2D eigenvalue weighted by Gasteiger charge is -2.16. The van der Waals surface area contributed by atoms with E-state index in [0.29, 0.717) is 11.3 Å². The number of alkyl halides is 1. The molecule has 1 heteroatoms. The van der Waals surface area contributed by atoms with E-state index >= 15 is 0 Å². The molecule has 0 aromatic carbocycles. The molecule has 0 saturated carbocycles. The largest absolute Gasteiger partial charge is 0.123 e. The Bertz CT molecular complexity index is 78.8. The molecule has 0 aliphatic rings. The Hall–Kier alpha value is 0.290. The van der Waals surface area contributed by atoms with Gasteiger partial charge in [-0.05, 0) is 18.3 Å². The summed E-state index contributed by atoms with van der Waals surface area (Å²) in [5.41, 5.74) is 0. The van der Waals surface area contributed by atoms with Crippen LogP contribution in [0.3, 0.4) is 0 Å². The van der Waals surface area contributed by atoms with Crippen LogP contribution < -0.4 is 0 Å². The lowest BCUT2D eigenvalue weighted by molar-refractivity contribution is 0.448.